The average Bonchev–Trinajstić information content (AvgIpc) is 3.31. The fourth-order valence-electron chi connectivity index (χ4n) is 3.11. The molecular weight excluding hydrogens is 442 g/mol. The Morgan fingerprint density at radius 2 is 1.94 bits per heavy atom. The highest BCUT2D eigenvalue weighted by molar-refractivity contribution is 7.98. The number of benzene rings is 1. The van der Waals surface area contributed by atoms with Gasteiger partial charge < -0.3 is 19.2 Å². The van der Waals surface area contributed by atoms with Crippen LogP contribution in [0.2, 0.25) is 0 Å². The molecule has 0 unspecified atom stereocenters. The molecule has 2 aromatic heterocycles. The van der Waals surface area contributed by atoms with Gasteiger partial charge in [-0.3, -0.25) is 4.79 Å². The third-order valence-corrected chi connectivity index (χ3v) is 5.55. The standard InChI is InChI=1S/C24H27N3O5S/c1-14-20(22(33-6)27-21(25-14)18-8-7-11-31-18)23(29)32-13-19(28)26-16-12-15(24(2,3)4)9-10-17(16)30-5/h7-12H,13H2,1-6H3,(H,26,28). The number of methoxy groups -OCH3 is 1. The van der Waals surface area contributed by atoms with Gasteiger partial charge in [0.2, 0.25) is 0 Å². The topological polar surface area (TPSA) is 104 Å². The highest BCUT2D eigenvalue weighted by atomic mass is 32.2. The van der Waals surface area contributed by atoms with Gasteiger partial charge in [0.05, 0.1) is 24.8 Å². The summed E-state index contributed by atoms with van der Waals surface area (Å²) in [4.78, 5) is 34.1. The molecule has 0 saturated carbocycles. The molecule has 0 atom stereocenters. The number of hydrogen-bond acceptors (Lipinski definition) is 8. The fourth-order valence-corrected chi connectivity index (χ4v) is 3.72. The van der Waals surface area contributed by atoms with Crippen LogP contribution in [0.4, 0.5) is 5.69 Å². The Labute approximate surface area is 197 Å². The fraction of sp³-hybridized carbons (Fsp3) is 0.333. The van der Waals surface area contributed by atoms with Crippen LogP contribution in [0.5, 0.6) is 5.75 Å². The summed E-state index contributed by atoms with van der Waals surface area (Å²) in [6.45, 7) is 7.45. The van der Waals surface area contributed by atoms with Gasteiger partial charge in [-0.25, -0.2) is 14.8 Å². The molecule has 33 heavy (non-hydrogen) atoms. The smallest absolute Gasteiger partial charge is 0.343 e. The Hall–Kier alpha value is -3.33. The summed E-state index contributed by atoms with van der Waals surface area (Å²) < 4.78 is 16.0. The Kier molecular flexibility index (Phi) is 7.43. The van der Waals surface area contributed by atoms with Gasteiger partial charge in [0.15, 0.2) is 18.2 Å². The molecule has 3 rings (SSSR count). The summed E-state index contributed by atoms with van der Waals surface area (Å²) in [6, 6.07) is 9.08. The van der Waals surface area contributed by atoms with Gasteiger partial charge >= 0.3 is 5.97 Å². The van der Waals surface area contributed by atoms with Crippen LogP contribution < -0.4 is 10.1 Å². The van der Waals surface area contributed by atoms with Gasteiger partial charge in [0, 0.05) is 0 Å². The number of carbonyl (C=O) groups is 2. The number of nitrogens with zero attached hydrogens (tertiary/aromatic N) is 2. The quantitative estimate of drug-likeness (QED) is 0.297. The minimum Gasteiger partial charge on any atom is -0.495 e. The minimum atomic E-state index is -0.673. The number of aromatic nitrogens is 2. The maximum atomic E-state index is 12.8. The van der Waals surface area contributed by atoms with Crippen molar-refractivity contribution < 1.29 is 23.5 Å². The maximum absolute atomic E-state index is 12.8. The molecule has 0 radical (unpaired) electrons. The minimum absolute atomic E-state index is 0.105. The lowest BCUT2D eigenvalue weighted by Crippen LogP contribution is -2.23. The molecule has 8 nitrogen and oxygen atoms in total. The van der Waals surface area contributed by atoms with Crippen molar-refractivity contribution >= 4 is 29.3 Å². The van der Waals surface area contributed by atoms with E-state index in [1.54, 1.807) is 31.4 Å². The second-order valence-electron chi connectivity index (χ2n) is 8.28. The van der Waals surface area contributed by atoms with Crippen molar-refractivity contribution in [2.24, 2.45) is 0 Å². The van der Waals surface area contributed by atoms with E-state index in [-0.39, 0.29) is 11.0 Å². The van der Waals surface area contributed by atoms with Crippen LogP contribution in [0.25, 0.3) is 11.6 Å². The van der Waals surface area contributed by atoms with Gasteiger partial charge in [-0.05, 0) is 48.4 Å². The molecule has 0 aliphatic heterocycles. The number of furan rings is 1. The zero-order valence-electron chi connectivity index (χ0n) is 19.5. The van der Waals surface area contributed by atoms with Gasteiger partial charge in [-0.2, -0.15) is 0 Å². The van der Waals surface area contributed by atoms with Crippen molar-refractivity contribution in [2.45, 2.75) is 38.1 Å². The van der Waals surface area contributed by atoms with Crippen molar-refractivity contribution in [3.05, 3.63) is 53.4 Å². The first-order valence-corrected chi connectivity index (χ1v) is 11.5. The van der Waals surface area contributed by atoms with Crippen molar-refractivity contribution in [2.75, 3.05) is 25.3 Å². The lowest BCUT2D eigenvalue weighted by Gasteiger charge is -2.21. The molecule has 0 bridgehead atoms. The molecule has 0 fully saturated rings. The number of aryl methyl sites for hydroxylation is 1. The van der Waals surface area contributed by atoms with Crippen molar-refractivity contribution in [1.82, 2.24) is 9.97 Å². The van der Waals surface area contributed by atoms with Crippen LogP contribution in [0.3, 0.4) is 0 Å². The Morgan fingerprint density at radius 3 is 2.55 bits per heavy atom. The zero-order chi connectivity index (χ0) is 24.2. The summed E-state index contributed by atoms with van der Waals surface area (Å²) in [5.41, 5.74) is 2.09. The first kappa shape index (κ1) is 24.3. The van der Waals surface area contributed by atoms with E-state index in [2.05, 4.69) is 36.1 Å². The number of rotatable bonds is 7. The van der Waals surface area contributed by atoms with Crippen LogP contribution in [0, 0.1) is 6.92 Å². The van der Waals surface area contributed by atoms with Gasteiger partial charge in [0.1, 0.15) is 16.3 Å². The predicted octanol–water partition coefficient (Wildman–Crippen LogP) is 4.87. The number of amides is 1. The molecule has 0 spiro atoms. The predicted molar refractivity (Wildman–Crippen MR) is 127 cm³/mol. The maximum Gasteiger partial charge on any atom is 0.343 e. The van der Waals surface area contributed by atoms with Gasteiger partial charge in [0.25, 0.3) is 5.91 Å². The van der Waals surface area contributed by atoms with Crippen molar-refractivity contribution in [1.29, 1.82) is 0 Å². The number of anilines is 1. The number of nitrogens with one attached hydrogen (secondary N) is 1. The van der Waals surface area contributed by atoms with E-state index in [4.69, 9.17) is 13.9 Å². The second-order valence-corrected chi connectivity index (χ2v) is 9.08. The van der Waals surface area contributed by atoms with E-state index in [1.165, 1.54) is 25.1 Å². The normalized spacial score (nSPS) is 11.2. The van der Waals surface area contributed by atoms with Crippen molar-refractivity contribution in [3.63, 3.8) is 0 Å². The number of esters is 1. The van der Waals surface area contributed by atoms with Crippen LogP contribution in [0.1, 0.15) is 42.4 Å². The third kappa shape index (κ3) is 5.73. The SMILES string of the molecule is COc1ccc(C(C)(C)C)cc1NC(=O)COC(=O)c1c(C)nc(-c2ccco2)nc1SC. The summed E-state index contributed by atoms with van der Waals surface area (Å²) in [5, 5.41) is 3.21. The Bertz CT molecular complexity index is 1150. The Morgan fingerprint density at radius 1 is 1.18 bits per heavy atom. The van der Waals surface area contributed by atoms with Crippen LogP contribution in [0.15, 0.2) is 46.0 Å². The molecule has 3 aromatic rings. The van der Waals surface area contributed by atoms with Crippen LogP contribution in [-0.2, 0) is 14.9 Å². The van der Waals surface area contributed by atoms with E-state index in [0.717, 1.165) is 5.56 Å². The van der Waals surface area contributed by atoms with Crippen LogP contribution in [-0.4, -0.2) is 41.8 Å². The van der Waals surface area contributed by atoms with E-state index in [0.29, 0.717) is 33.7 Å². The lowest BCUT2D eigenvalue weighted by atomic mass is 9.87. The zero-order valence-corrected chi connectivity index (χ0v) is 20.3. The number of carbonyl (C=O) groups excluding carboxylic acids is 2. The van der Waals surface area contributed by atoms with Gasteiger partial charge in [-0.15, -0.1) is 11.8 Å². The molecule has 0 aliphatic carbocycles. The number of hydrogen-bond donors (Lipinski definition) is 1. The summed E-state index contributed by atoms with van der Waals surface area (Å²) in [6.07, 6.45) is 3.32. The summed E-state index contributed by atoms with van der Waals surface area (Å²) in [7, 11) is 1.53. The number of thioether (sulfide) groups is 1. The molecule has 1 N–H and O–H groups in total. The highest BCUT2D eigenvalue weighted by Crippen LogP contribution is 2.31. The monoisotopic (exact) mass is 469 g/mol. The van der Waals surface area contributed by atoms with E-state index in [1.807, 2.05) is 12.1 Å². The van der Waals surface area contributed by atoms with Crippen molar-refractivity contribution in [3.8, 4) is 17.3 Å². The number of ether oxygens (including phenoxy) is 2. The molecular formula is C24H27N3O5S. The largest absolute Gasteiger partial charge is 0.495 e. The van der Waals surface area contributed by atoms with Crippen LogP contribution >= 0.6 is 11.8 Å². The summed E-state index contributed by atoms with van der Waals surface area (Å²) in [5.74, 6) is 0.240. The molecule has 1 amide bonds. The third-order valence-electron chi connectivity index (χ3n) is 4.87. The summed E-state index contributed by atoms with van der Waals surface area (Å²) >= 11 is 1.28. The Balaban J connectivity index is 1.73. The molecule has 1 aromatic carbocycles. The molecule has 2 heterocycles. The first-order valence-electron chi connectivity index (χ1n) is 10.3. The molecule has 174 valence electrons. The van der Waals surface area contributed by atoms with Gasteiger partial charge in [-0.1, -0.05) is 26.8 Å². The van der Waals surface area contributed by atoms with E-state index < -0.39 is 18.5 Å². The molecule has 0 saturated heterocycles. The first-order chi connectivity index (χ1) is 15.6. The van der Waals surface area contributed by atoms with E-state index in [9.17, 15) is 9.59 Å². The average molecular weight is 470 g/mol. The highest BCUT2D eigenvalue weighted by Gasteiger charge is 2.22. The molecule has 9 heteroatoms. The lowest BCUT2D eigenvalue weighted by molar-refractivity contribution is -0.119. The molecule has 0 aliphatic rings. The second kappa shape index (κ2) is 10.1. The van der Waals surface area contributed by atoms with E-state index >= 15 is 0 Å².